The fourth-order valence-corrected chi connectivity index (χ4v) is 1.61. The van der Waals surface area contributed by atoms with Crippen LogP contribution in [0.4, 0.5) is 0 Å². The minimum Gasteiger partial charge on any atom is -0.343 e. The second-order valence-electron chi connectivity index (χ2n) is 2.98. The molecule has 0 radical (unpaired) electrons. The zero-order valence-electron chi connectivity index (χ0n) is 6.98. The van der Waals surface area contributed by atoms with E-state index < -0.39 is 0 Å². The van der Waals surface area contributed by atoms with E-state index in [1.807, 2.05) is 19.9 Å². The lowest BCUT2D eigenvalue weighted by Crippen LogP contribution is -1.80. The molecular formula is C9H9ClN2. The number of H-pyrrole nitrogens is 1. The van der Waals surface area contributed by atoms with E-state index >= 15 is 0 Å². The van der Waals surface area contributed by atoms with Crippen molar-refractivity contribution in [1.82, 2.24) is 9.97 Å². The fraction of sp³-hybridized carbons (Fsp3) is 0.222. The van der Waals surface area contributed by atoms with Crippen LogP contribution in [0.2, 0.25) is 5.15 Å². The molecule has 0 aromatic carbocycles. The Hall–Kier alpha value is -1.02. The molecule has 2 aromatic rings. The van der Waals surface area contributed by atoms with Gasteiger partial charge < -0.3 is 4.98 Å². The minimum absolute atomic E-state index is 0.543. The van der Waals surface area contributed by atoms with E-state index in [1.54, 1.807) is 0 Å². The summed E-state index contributed by atoms with van der Waals surface area (Å²) in [6.45, 7) is 4.04. The van der Waals surface area contributed by atoms with Gasteiger partial charge in [-0.3, -0.25) is 0 Å². The highest BCUT2D eigenvalue weighted by atomic mass is 35.5. The summed E-state index contributed by atoms with van der Waals surface area (Å²) in [6, 6.07) is 3.95. The van der Waals surface area contributed by atoms with E-state index in [4.69, 9.17) is 11.6 Å². The average Bonchev–Trinajstić information content (AvgIpc) is 2.29. The summed E-state index contributed by atoms with van der Waals surface area (Å²) >= 11 is 5.80. The molecule has 2 heterocycles. The third kappa shape index (κ3) is 1.08. The Morgan fingerprint density at radius 3 is 2.83 bits per heavy atom. The molecule has 0 fully saturated rings. The third-order valence-electron chi connectivity index (χ3n) is 1.91. The molecule has 0 amide bonds. The van der Waals surface area contributed by atoms with Crippen molar-refractivity contribution in [3.8, 4) is 0 Å². The fourth-order valence-electron chi connectivity index (χ4n) is 1.36. The lowest BCUT2D eigenvalue weighted by Gasteiger charge is -1.95. The van der Waals surface area contributed by atoms with Crippen molar-refractivity contribution >= 4 is 22.6 Å². The van der Waals surface area contributed by atoms with Gasteiger partial charge in [0.05, 0.1) is 0 Å². The van der Waals surface area contributed by atoms with Crippen LogP contribution in [-0.2, 0) is 0 Å². The number of nitrogens with one attached hydrogen (secondary N) is 1. The van der Waals surface area contributed by atoms with Crippen LogP contribution < -0.4 is 0 Å². The molecule has 12 heavy (non-hydrogen) atoms. The van der Waals surface area contributed by atoms with E-state index in [9.17, 15) is 0 Å². The van der Waals surface area contributed by atoms with E-state index in [0.29, 0.717) is 5.15 Å². The number of halogens is 1. The van der Waals surface area contributed by atoms with Crippen LogP contribution in [0.1, 0.15) is 11.3 Å². The molecule has 0 atom stereocenters. The van der Waals surface area contributed by atoms with Gasteiger partial charge >= 0.3 is 0 Å². The molecule has 0 aliphatic rings. The van der Waals surface area contributed by atoms with Crippen molar-refractivity contribution in [2.45, 2.75) is 13.8 Å². The van der Waals surface area contributed by atoms with Crippen LogP contribution in [-0.4, -0.2) is 9.97 Å². The van der Waals surface area contributed by atoms with Crippen LogP contribution in [0.5, 0.6) is 0 Å². The average molecular weight is 181 g/mol. The summed E-state index contributed by atoms with van der Waals surface area (Å²) < 4.78 is 0. The van der Waals surface area contributed by atoms with Crippen molar-refractivity contribution < 1.29 is 0 Å². The molecule has 0 aliphatic carbocycles. The van der Waals surface area contributed by atoms with E-state index in [-0.39, 0.29) is 0 Å². The lowest BCUT2D eigenvalue weighted by molar-refractivity contribution is 1.24. The number of hydrogen-bond donors (Lipinski definition) is 1. The molecule has 2 nitrogen and oxygen atoms in total. The zero-order valence-corrected chi connectivity index (χ0v) is 7.74. The Morgan fingerprint density at radius 2 is 2.08 bits per heavy atom. The summed E-state index contributed by atoms with van der Waals surface area (Å²) in [5.74, 6) is 0. The van der Waals surface area contributed by atoms with E-state index in [1.165, 1.54) is 0 Å². The first kappa shape index (κ1) is 7.62. The highest BCUT2D eigenvalue weighted by Gasteiger charge is 2.02. The zero-order chi connectivity index (χ0) is 8.72. The normalized spacial score (nSPS) is 10.9. The number of rotatable bonds is 0. The van der Waals surface area contributed by atoms with Gasteiger partial charge in [0.15, 0.2) is 0 Å². The second kappa shape index (κ2) is 2.49. The highest BCUT2D eigenvalue weighted by molar-refractivity contribution is 6.29. The summed E-state index contributed by atoms with van der Waals surface area (Å²) in [7, 11) is 0. The maximum Gasteiger partial charge on any atom is 0.139 e. The molecule has 0 saturated carbocycles. The number of fused-ring (bicyclic) bond motifs is 1. The smallest absolute Gasteiger partial charge is 0.139 e. The molecule has 0 aliphatic heterocycles. The van der Waals surface area contributed by atoms with Crippen molar-refractivity contribution in [1.29, 1.82) is 0 Å². The Balaban J connectivity index is 2.88. The Morgan fingerprint density at radius 1 is 1.33 bits per heavy atom. The van der Waals surface area contributed by atoms with Crippen molar-refractivity contribution in [2.24, 2.45) is 0 Å². The summed E-state index contributed by atoms with van der Waals surface area (Å²) in [5.41, 5.74) is 3.15. The number of nitrogens with zero attached hydrogens (tertiary/aromatic N) is 1. The molecule has 3 heteroatoms. The van der Waals surface area contributed by atoms with Crippen LogP contribution in [0.3, 0.4) is 0 Å². The van der Waals surface area contributed by atoms with Gasteiger partial charge in [-0.2, -0.15) is 0 Å². The highest BCUT2D eigenvalue weighted by Crippen LogP contribution is 2.20. The van der Waals surface area contributed by atoms with Crippen molar-refractivity contribution in [3.63, 3.8) is 0 Å². The maximum atomic E-state index is 5.80. The van der Waals surface area contributed by atoms with Gasteiger partial charge in [-0.1, -0.05) is 11.6 Å². The Bertz CT molecular complexity index is 431. The SMILES string of the molecule is Cc1cc2c(C)cc(Cl)nc2[nH]1. The van der Waals surface area contributed by atoms with Gasteiger partial charge in [-0.25, -0.2) is 4.98 Å². The summed E-state index contributed by atoms with van der Waals surface area (Å²) in [4.78, 5) is 7.31. The maximum absolute atomic E-state index is 5.80. The number of hydrogen-bond acceptors (Lipinski definition) is 1. The number of aromatic amines is 1. The number of aryl methyl sites for hydroxylation is 2. The van der Waals surface area contributed by atoms with Gasteiger partial charge in [0.25, 0.3) is 0 Å². The third-order valence-corrected chi connectivity index (χ3v) is 2.10. The molecule has 62 valence electrons. The van der Waals surface area contributed by atoms with Gasteiger partial charge in [-0.15, -0.1) is 0 Å². The topological polar surface area (TPSA) is 28.7 Å². The summed E-state index contributed by atoms with van der Waals surface area (Å²) in [5, 5.41) is 1.69. The first-order valence-corrected chi connectivity index (χ1v) is 4.17. The van der Waals surface area contributed by atoms with Gasteiger partial charge in [0.1, 0.15) is 10.8 Å². The first-order chi connectivity index (χ1) is 5.66. The number of aromatic nitrogens is 2. The predicted octanol–water partition coefficient (Wildman–Crippen LogP) is 2.83. The molecular weight excluding hydrogens is 172 g/mol. The quantitative estimate of drug-likeness (QED) is 0.621. The summed E-state index contributed by atoms with van der Waals surface area (Å²) in [6.07, 6.45) is 0. The standard InChI is InChI=1S/C9H9ClN2/c1-5-3-8(10)12-9-7(5)4-6(2)11-9/h3-4H,1-2H3,(H,11,12). The van der Waals surface area contributed by atoms with E-state index in [0.717, 1.165) is 22.3 Å². The molecule has 0 spiro atoms. The lowest BCUT2D eigenvalue weighted by atomic mass is 10.2. The molecule has 1 N–H and O–H groups in total. The predicted molar refractivity (Wildman–Crippen MR) is 50.6 cm³/mol. The Kier molecular flexibility index (Phi) is 1.58. The molecule has 0 bridgehead atoms. The van der Waals surface area contributed by atoms with E-state index in [2.05, 4.69) is 16.0 Å². The largest absolute Gasteiger partial charge is 0.343 e. The van der Waals surface area contributed by atoms with Crippen molar-refractivity contribution in [3.05, 3.63) is 28.5 Å². The molecule has 2 rings (SSSR count). The molecule has 0 unspecified atom stereocenters. The van der Waals surface area contributed by atoms with Crippen LogP contribution in [0.15, 0.2) is 12.1 Å². The van der Waals surface area contributed by atoms with Gasteiger partial charge in [0.2, 0.25) is 0 Å². The monoisotopic (exact) mass is 180 g/mol. The molecule has 0 saturated heterocycles. The Labute approximate surface area is 75.6 Å². The van der Waals surface area contributed by atoms with Gasteiger partial charge in [-0.05, 0) is 31.5 Å². The van der Waals surface area contributed by atoms with Crippen LogP contribution >= 0.6 is 11.6 Å². The van der Waals surface area contributed by atoms with Crippen molar-refractivity contribution in [2.75, 3.05) is 0 Å². The number of pyridine rings is 1. The van der Waals surface area contributed by atoms with Crippen LogP contribution in [0, 0.1) is 13.8 Å². The minimum atomic E-state index is 0.543. The molecule has 2 aromatic heterocycles. The second-order valence-corrected chi connectivity index (χ2v) is 3.36. The van der Waals surface area contributed by atoms with Gasteiger partial charge in [0, 0.05) is 11.1 Å². The first-order valence-electron chi connectivity index (χ1n) is 3.79. The van der Waals surface area contributed by atoms with Crippen LogP contribution in [0.25, 0.3) is 11.0 Å².